The highest BCUT2D eigenvalue weighted by atomic mass is 19.1. The van der Waals surface area contributed by atoms with Gasteiger partial charge in [-0.1, -0.05) is 12.1 Å². The first kappa shape index (κ1) is 16.5. The van der Waals surface area contributed by atoms with Crippen molar-refractivity contribution in [3.05, 3.63) is 29.6 Å². The Balaban J connectivity index is 1.74. The van der Waals surface area contributed by atoms with Crippen LogP contribution < -0.4 is 10.1 Å². The van der Waals surface area contributed by atoms with Crippen molar-refractivity contribution in [2.75, 3.05) is 19.7 Å². The van der Waals surface area contributed by atoms with E-state index in [2.05, 4.69) is 5.32 Å². The van der Waals surface area contributed by atoms with Crippen LogP contribution in [0.3, 0.4) is 0 Å². The lowest BCUT2D eigenvalue weighted by Crippen LogP contribution is -2.42. The second-order valence-electron chi connectivity index (χ2n) is 6.69. The van der Waals surface area contributed by atoms with E-state index in [1.54, 1.807) is 19.1 Å². The molecule has 0 saturated carbocycles. The van der Waals surface area contributed by atoms with E-state index in [9.17, 15) is 19.1 Å². The van der Waals surface area contributed by atoms with Crippen LogP contribution in [0.15, 0.2) is 18.2 Å². The molecule has 0 aliphatic carbocycles. The van der Waals surface area contributed by atoms with E-state index in [-0.39, 0.29) is 24.4 Å². The lowest BCUT2D eigenvalue weighted by Gasteiger charge is -2.24. The number of rotatable bonds is 2. The number of hydrogen-bond donors (Lipinski definition) is 2. The van der Waals surface area contributed by atoms with E-state index < -0.39 is 17.2 Å². The van der Waals surface area contributed by atoms with E-state index in [0.29, 0.717) is 38.0 Å². The number of amides is 2. The lowest BCUT2D eigenvalue weighted by molar-refractivity contribution is -0.147. The maximum absolute atomic E-state index is 13.9. The molecule has 3 rings (SSSR count). The molecule has 1 aromatic rings. The van der Waals surface area contributed by atoms with Crippen molar-refractivity contribution in [3.8, 4) is 5.75 Å². The molecule has 2 amide bonds. The Bertz CT molecular complexity index is 666. The van der Waals surface area contributed by atoms with Crippen LogP contribution in [0.4, 0.5) is 9.18 Å². The number of halogens is 1. The smallest absolute Gasteiger partial charge is 0.317 e. The largest absolute Gasteiger partial charge is 0.490 e. The molecule has 2 N–H and O–H groups in total. The molecule has 2 unspecified atom stereocenters. The number of benzene rings is 1. The van der Waals surface area contributed by atoms with Gasteiger partial charge in [0.15, 0.2) is 11.6 Å². The SMILES string of the molecule is CC1(C(=O)O)CCN(C(=O)NC2CCCOc3c(F)cccc32)C1. The molecule has 1 aromatic carbocycles. The summed E-state index contributed by atoms with van der Waals surface area (Å²) in [6, 6.07) is 4.02. The van der Waals surface area contributed by atoms with Gasteiger partial charge in [-0.25, -0.2) is 9.18 Å². The zero-order chi connectivity index (χ0) is 17.3. The Kier molecular flexibility index (Phi) is 4.34. The Morgan fingerprint density at radius 3 is 2.96 bits per heavy atom. The van der Waals surface area contributed by atoms with Gasteiger partial charge in [0.1, 0.15) is 0 Å². The number of nitrogens with zero attached hydrogens (tertiary/aromatic N) is 1. The number of carbonyl (C=O) groups excluding carboxylic acids is 1. The minimum Gasteiger partial charge on any atom is -0.490 e. The van der Waals surface area contributed by atoms with Gasteiger partial charge in [-0.3, -0.25) is 4.79 Å². The molecule has 130 valence electrons. The van der Waals surface area contributed by atoms with Crippen LogP contribution in [0.2, 0.25) is 0 Å². The molecule has 1 saturated heterocycles. The molecule has 2 atom stereocenters. The van der Waals surface area contributed by atoms with Crippen molar-refractivity contribution < 1.29 is 23.8 Å². The van der Waals surface area contributed by atoms with Crippen LogP contribution in [0.25, 0.3) is 0 Å². The minimum atomic E-state index is -0.909. The number of hydrogen-bond acceptors (Lipinski definition) is 3. The van der Waals surface area contributed by atoms with Crippen molar-refractivity contribution in [2.45, 2.75) is 32.2 Å². The fraction of sp³-hybridized carbons (Fsp3) is 0.529. The highest BCUT2D eigenvalue weighted by molar-refractivity contribution is 5.79. The van der Waals surface area contributed by atoms with Crippen molar-refractivity contribution in [1.29, 1.82) is 0 Å². The maximum Gasteiger partial charge on any atom is 0.317 e. The van der Waals surface area contributed by atoms with Crippen molar-refractivity contribution >= 4 is 12.0 Å². The van der Waals surface area contributed by atoms with Crippen molar-refractivity contribution in [1.82, 2.24) is 10.2 Å². The van der Waals surface area contributed by atoms with Crippen LogP contribution in [-0.4, -0.2) is 41.7 Å². The summed E-state index contributed by atoms with van der Waals surface area (Å²) in [6.07, 6.45) is 1.77. The van der Waals surface area contributed by atoms with Crippen LogP contribution in [0, 0.1) is 11.2 Å². The van der Waals surface area contributed by atoms with Crippen LogP contribution in [0.5, 0.6) is 5.75 Å². The van der Waals surface area contributed by atoms with Gasteiger partial charge < -0.3 is 20.1 Å². The van der Waals surface area contributed by atoms with Crippen LogP contribution in [-0.2, 0) is 4.79 Å². The number of likely N-dealkylation sites (tertiary alicyclic amines) is 1. The highest BCUT2D eigenvalue weighted by Crippen LogP contribution is 2.34. The zero-order valence-electron chi connectivity index (χ0n) is 13.5. The standard InChI is InChI=1S/C17H21FN2O4/c1-17(15(21)22)7-8-20(10-17)16(23)19-13-6-3-9-24-14-11(13)4-2-5-12(14)18/h2,4-5,13H,3,6-10H2,1H3,(H,19,23)(H,21,22). The first-order valence-corrected chi connectivity index (χ1v) is 8.11. The molecule has 2 heterocycles. The quantitative estimate of drug-likeness (QED) is 0.870. The molecular weight excluding hydrogens is 315 g/mol. The van der Waals surface area contributed by atoms with Gasteiger partial charge in [0, 0.05) is 18.7 Å². The van der Waals surface area contributed by atoms with Crippen LogP contribution in [0.1, 0.15) is 37.8 Å². The molecule has 0 aromatic heterocycles. The van der Waals surface area contributed by atoms with Crippen LogP contribution >= 0.6 is 0 Å². The molecule has 6 nitrogen and oxygen atoms in total. The average molecular weight is 336 g/mol. The first-order valence-electron chi connectivity index (χ1n) is 8.11. The summed E-state index contributed by atoms with van der Waals surface area (Å²) in [5, 5.41) is 12.2. The van der Waals surface area contributed by atoms with Gasteiger partial charge in [0.25, 0.3) is 0 Å². The zero-order valence-corrected chi connectivity index (χ0v) is 13.5. The summed E-state index contributed by atoms with van der Waals surface area (Å²) >= 11 is 0. The number of urea groups is 1. The van der Waals surface area contributed by atoms with Gasteiger partial charge in [-0.15, -0.1) is 0 Å². The van der Waals surface area contributed by atoms with Gasteiger partial charge in [0.2, 0.25) is 0 Å². The predicted octanol–water partition coefficient (Wildman–Crippen LogP) is 2.55. The number of fused-ring (bicyclic) bond motifs is 1. The number of carboxylic acid groups (broad SMARTS) is 1. The Morgan fingerprint density at radius 1 is 1.46 bits per heavy atom. The third-order valence-corrected chi connectivity index (χ3v) is 4.83. The minimum absolute atomic E-state index is 0.174. The summed E-state index contributed by atoms with van der Waals surface area (Å²) in [5.74, 6) is -1.14. The molecule has 7 heteroatoms. The van der Waals surface area contributed by atoms with E-state index in [4.69, 9.17) is 4.74 Å². The second kappa shape index (κ2) is 6.30. The average Bonchev–Trinajstić information content (AvgIpc) is 2.84. The molecule has 24 heavy (non-hydrogen) atoms. The molecule has 2 aliphatic heterocycles. The second-order valence-corrected chi connectivity index (χ2v) is 6.69. The summed E-state index contributed by atoms with van der Waals surface area (Å²) in [7, 11) is 0. The monoisotopic (exact) mass is 336 g/mol. The van der Waals surface area contributed by atoms with E-state index in [0.717, 1.165) is 0 Å². The molecule has 0 radical (unpaired) electrons. The number of carboxylic acids is 1. The third-order valence-electron chi connectivity index (χ3n) is 4.83. The third kappa shape index (κ3) is 3.02. The summed E-state index contributed by atoms with van der Waals surface area (Å²) in [4.78, 5) is 25.3. The molecule has 1 fully saturated rings. The topological polar surface area (TPSA) is 78.9 Å². The van der Waals surface area contributed by atoms with E-state index in [1.165, 1.54) is 11.0 Å². The number of aliphatic carboxylic acids is 1. The fourth-order valence-electron chi connectivity index (χ4n) is 3.27. The fourth-order valence-corrected chi connectivity index (χ4v) is 3.27. The lowest BCUT2D eigenvalue weighted by atomic mass is 9.90. The summed E-state index contributed by atoms with van der Waals surface area (Å²) in [5.41, 5.74) is -0.283. The number of para-hydroxylation sites is 1. The predicted molar refractivity (Wildman–Crippen MR) is 84.3 cm³/mol. The van der Waals surface area contributed by atoms with Gasteiger partial charge >= 0.3 is 12.0 Å². The highest BCUT2D eigenvalue weighted by Gasteiger charge is 2.42. The van der Waals surface area contributed by atoms with E-state index >= 15 is 0 Å². The maximum atomic E-state index is 13.9. The first-order chi connectivity index (χ1) is 11.4. The normalized spacial score (nSPS) is 26.2. The van der Waals surface area contributed by atoms with Gasteiger partial charge in [-0.05, 0) is 32.3 Å². The van der Waals surface area contributed by atoms with Gasteiger partial charge in [-0.2, -0.15) is 0 Å². The Hall–Kier alpha value is -2.31. The molecular formula is C17H21FN2O4. The molecule has 0 bridgehead atoms. The van der Waals surface area contributed by atoms with Crippen molar-refractivity contribution in [3.63, 3.8) is 0 Å². The van der Waals surface area contributed by atoms with Crippen molar-refractivity contribution in [2.24, 2.45) is 5.41 Å². The molecule has 0 spiro atoms. The number of ether oxygens (including phenoxy) is 1. The Morgan fingerprint density at radius 2 is 2.25 bits per heavy atom. The van der Waals surface area contributed by atoms with E-state index in [1.807, 2.05) is 0 Å². The summed E-state index contributed by atoms with van der Waals surface area (Å²) < 4.78 is 19.4. The van der Waals surface area contributed by atoms with Gasteiger partial charge in [0.05, 0.1) is 18.1 Å². The number of carbonyl (C=O) groups is 2. The number of nitrogens with one attached hydrogen (secondary N) is 1. The summed E-state index contributed by atoms with van der Waals surface area (Å²) in [6.45, 7) is 2.62. The Labute approximate surface area is 139 Å². The molecule has 2 aliphatic rings.